The molecule has 14 heavy (non-hydrogen) atoms. The zero-order valence-corrected chi connectivity index (χ0v) is 8.98. The van der Waals surface area contributed by atoms with E-state index in [-0.39, 0.29) is 5.97 Å². The van der Waals surface area contributed by atoms with Crippen LogP contribution < -0.4 is 0 Å². The highest BCUT2D eigenvalue weighted by Gasteiger charge is 2.07. The first-order valence-corrected chi connectivity index (χ1v) is 4.72. The van der Waals surface area contributed by atoms with Gasteiger partial charge in [0.25, 0.3) is 0 Å². The molecule has 0 bridgehead atoms. The van der Waals surface area contributed by atoms with Crippen LogP contribution >= 0.6 is 15.9 Å². The summed E-state index contributed by atoms with van der Waals surface area (Å²) >= 11 is 3.32. The van der Waals surface area contributed by atoms with Gasteiger partial charge in [-0.2, -0.15) is 0 Å². The van der Waals surface area contributed by atoms with E-state index in [0.717, 1.165) is 10.3 Å². The molecule has 0 unspecified atom stereocenters. The predicted molar refractivity (Wildman–Crippen MR) is 54.2 cm³/mol. The van der Waals surface area contributed by atoms with Crippen LogP contribution in [0.4, 0.5) is 0 Å². The molecule has 4 nitrogen and oxygen atoms in total. The van der Waals surface area contributed by atoms with Crippen LogP contribution in [0.3, 0.4) is 0 Å². The number of pyridine rings is 1. The fourth-order valence-electron chi connectivity index (χ4n) is 1.19. The molecule has 0 atom stereocenters. The minimum atomic E-state index is -0.354. The highest BCUT2D eigenvalue weighted by Crippen LogP contribution is 2.14. The number of carbonyl (C=O) groups excluding carboxylic acids is 1. The Bertz CT molecular complexity index is 493. The summed E-state index contributed by atoms with van der Waals surface area (Å²) in [5.41, 5.74) is 1.28. The van der Waals surface area contributed by atoms with Gasteiger partial charge < -0.3 is 4.74 Å². The van der Waals surface area contributed by atoms with Gasteiger partial charge in [-0.05, 0) is 28.1 Å². The van der Waals surface area contributed by atoms with Gasteiger partial charge in [0.2, 0.25) is 0 Å². The van der Waals surface area contributed by atoms with Crippen LogP contribution in [0.15, 0.2) is 29.1 Å². The summed E-state index contributed by atoms with van der Waals surface area (Å²) in [4.78, 5) is 15.3. The van der Waals surface area contributed by atoms with E-state index in [4.69, 9.17) is 0 Å². The van der Waals surface area contributed by atoms with Gasteiger partial charge >= 0.3 is 5.97 Å². The van der Waals surface area contributed by atoms with Gasteiger partial charge in [-0.1, -0.05) is 0 Å². The molecule has 0 aliphatic carbocycles. The number of hydrogen-bond donors (Lipinski definition) is 0. The predicted octanol–water partition coefficient (Wildman–Crippen LogP) is 1.88. The number of esters is 1. The summed E-state index contributed by atoms with van der Waals surface area (Å²) < 4.78 is 7.19. The van der Waals surface area contributed by atoms with Crippen LogP contribution in [0.2, 0.25) is 0 Å². The molecule has 0 spiro atoms. The molecule has 0 amide bonds. The molecule has 2 heterocycles. The molecule has 0 aliphatic rings. The molecule has 0 saturated heterocycles. The van der Waals surface area contributed by atoms with Gasteiger partial charge in [-0.3, -0.25) is 4.40 Å². The van der Waals surface area contributed by atoms with Crippen molar-refractivity contribution in [1.82, 2.24) is 9.38 Å². The van der Waals surface area contributed by atoms with Crippen LogP contribution in [0.5, 0.6) is 0 Å². The van der Waals surface area contributed by atoms with Crippen molar-refractivity contribution in [2.75, 3.05) is 7.11 Å². The number of fused-ring (bicyclic) bond motifs is 1. The summed E-state index contributed by atoms with van der Waals surface area (Å²) in [6, 6.07) is 3.44. The Hall–Kier alpha value is -1.36. The lowest BCUT2D eigenvalue weighted by molar-refractivity contribution is 0.0600. The Morgan fingerprint density at radius 2 is 2.36 bits per heavy atom. The van der Waals surface area contributed by atoms with Crippen LogP contribution in [0.25, 0.3) is 5.65 Å². The zero-order valence-electron chi connectivity index (χ0n) is 7.40. The smallest absolute Gasteiger partial charge is 0.339 e. The van der Waals surface area contributed by atoms with Crippen molar-refractivity contribution in [3.63, 3.8) is 0 Å². The van der Waals surface area contributed by atoms with E-state index >= 15 is 0 Å². The molecular formula is C9H7BrN2O2. The van der Waals surface area contributed by atoms with E-state index in [1.54, 1.807) is 28.9 Å². The van der Waals surface area contributed by atoms with Gasteiger partial charge in [-0.25, -0.2) is 9.78 Å². The van der Waals surface area contributed by atoms with Gasteiger partial charge in [0, 0.05) is 6.20 Å². The number of carbonyl (C=O) groups is 1. The fourth-order valence-corrected chi connectivity index (χ4v) is 1.58. The van der Waals surface area contributed by atoms with Crippen molar-refractivity contribution in [3.05, 3.63) is 34.7 Å². The lowest BCUT2D eigenvalue weighted by Crippen LogP contribution is -2.02. The lowest BCUT2D eigenvalue weighted by Gasteiger charge is -2.00. The maximum atomic E-state index is 11.2. The van der Waals surface area contributed by atoms with Crippen molar-refractivity contribution in [3.8, 4) is 0 Å². The Balaban J connectivity index is 2.60. The number of hydrogen-bond acceptors (Lipinski definition) is 3. The normalized spacial score (nSPS) is 10.4. The fraction of sp³-hybridized carbons (Fsp3) is 0.111. The topological polar surface area (TPSA) is 43.6 Å². The maximum absolute atomic E-state index is 11.2. The first-order chi connectivity index (χ1) is 6.72. The van der Waals surface area contributed by atoms with Crippen molar-refractivity contribution in [2.24, 2.45) is 0 Å². The standard InChI is InChI=1S/C9H7BrN2O2/c1-14-9(13)6-2-3-8-11-4-7(10)12(8)5-6/h2-5H,1H3. The highest BCUT2D eigenvalue weighted by molar-refractivity contribution is 9.10. The van der Waals surface area contributed by atoms with Crippen LogP contribution in [-0.4, -0.2) is 22.5 Å². The van der Waals surface area contributed by atoms with Crippen LogP contribution in [0, 0.1) is 0 Å². The number of imidazole rings is 1. The Kier molecular flexibility index (Phi) is 2.25. The molecule has 0 N–H and O–H groups in total. The Morgan fingerprint density at radius 1 is 1.57 bits per heavy atom. The van der Waals surface area contributed by atoms with E-state index in [1.807, 2.05) is 0 Å². The summed E-state index contributed by atoms with van der Waals surface area (Å²) in [5.74, 6) is -0.354. The first-order valence-electron chi connectivity index (χ1n) is 3.93. The number of rotatable bonds is 1. The monoisotopic (exact) mass is 254 g/mol. The van der Waals surface area contributed by atoms with E-state index < -0.39 is 0 Å². The molecule has 0 aliphatic heterocycles. The van der Waals surface area contributed by atoms with Crippen molar-refractivity contribution in [2.45, 2.75) is 0 Å². The molecule has 2 rings (SSSR count). The largest absolute Gasteiger partial charge is 0.465 e. The van der Waals surface area contributed by atoms with E-state index in [0.29, 0.717) is 5.56 Å². The molecule has 0 aromatic carbocycles. The second kappa shape index (κ2) is 3.42. The minimum absolute atomic E-state index is 0.354. The molecule has 72 valence electrons. The summed E-state index contributed by atoms with van der Waals surface area (Å²) in [5, 5.41) is 0. The summed E-state index contributed by atoms with van der Waals surface area (Å²) in [6.45, 7) is 0. The van der Waals surface area contributed by atoms with Gasteiger partial charge in [0.05, 0.1) is 18.9 Å². The molecule has 0 saturated carbocycles. The number of ether oxygens (including phenoxy) is 1. The summed E-state index contributed by atoms with van der Waals surface area (Å²) in [7, 11) is 1.36. The molecule has 5 heteroatoms. The number of methoxy groups -OCH3 is 1. The van der Waals surface area contributed by atoms with Crippen molar-refractivity contribution < 1.29 is 9.53 Å². The quantitative estimate of drug-likeness (QED) is 0.731. The Labute approximate surface area is 88.6 Å². The summed E-state index contributed by atoms with van der Waals surface area (Å²) in [6.07, 6.45) is 3.36. The molecule has 0 fully saturated rings. The SMILES string of the molecule is COC(=O)c1ccc2ncc(Br)n2c1. The van der Waals surface area contributed by atoms with Crippen molar-refractivity contribution >= 4 is 27.5 Å². The van der Waals surface area contributed by atoms with Gasteiger partial charge in [0.1, 0.15) is 10.3 Å². The minimum Gasteiger partial charge on any atom is -0.465 e. The average molecular weight is 255 g/mol. The maximum Gasteiger partial charge on any atom is 0.339 e. The zero-order chi connectivity index (χ0) is 10.1. The highest BCUT2D eigenvalue weighted by atomic mass is 79.9. The second-order valence-electron chi connectivity index (χ2n) is 2.72. The van der Waals surface area contributed by atoms with Gasteiger partial charge in [0.15, 0.2) is 0 Å². The number of nitrogens with zero attached hydrogens (tertiary/aromatic N) is 2. The van der Waals surface area contributed by atoms with E-state index in [2.05, 4.69) is 25.7 Å². The third kappa shape index (κ3) is 1.39. The van der Waals surface area contributed by atoms with Gasteiger partial charge in [-0.15, -0.1) is 0 Å². The van der Waals surface area contributed by atoms with E-state index in [9.17, 15) is 4.79 Å². The average Bonchev–Trinajstić information content (AvgIpc) is 2.59. The first kappa shape index (κ1) is 9.21. The number of halogens is 1. The second-order valence-corrected chi connectivity index (χ2v) is 3.53. The Morgan fingerprint density at radius 3 is 3.07 bits per heavy atom. The molecular weight excluding hydrogens is 248 g/mol. The third-order valence-electron chi connectivity index (χ3n) is 1.88. The van der Waals surface area contributed by atoms with E-state index in [1.165, 1.54) is 7.11 Å². The van der Waals surface area contributed by atoms with Crippen LogP contribution in [-0.2, 0) is 4.74 Å². The number of aromatic nitrogens is 2. The molecule has 0 radical (unpaired) electrons. The van der Waals surface area contributed by atoms with Crippen LogP contribution in [0.1, 0.15) is 10.4 Å². The lowest BCUT2D eigenvalue weighted by atomic mass is 10.3. The molecule has 2 aromatic rings. The van der Waals surface area contributed by atoms with Crippen molar-refractivity contribution in [1.29, 1.82) is 0 Å². The molecule has 2 aromatic heterocycles. The third-order valence-corrected chi connectivity index (χ3v) is 2.47.